The van der Waals surface area contributed by atoms with Crippen molar-refractivity contribution in [1.29, 1.82) is 0 Å². The van der Waals surface area contributed by atoms with E-state index in [1.165, 1.54) is 0 Å². The number of ether oxygens (including phenoxy) is 1. The van der Waals surface area contributed by atoms with Crippen LogP contribution in [0.2, 0.25) is 0 Å². The minimum atomic E-state index is -3.02. The fourth-order valence-corrected chi connectivity index (χ4v) is 5.42. The lowest BCUT2D eigenvalue weighted by molar-refractivity contribution is 0.0601. The standard InChI is InChI=1S/C17H23NO4S/c1-22-16-8-4-5-13(11-16)17(19)18(14-6-2-3-7-14)15-9-10-23(20,21)12-15/h4-5,8,11,14-15H,2-3,6-7,9-10,12H2,1H3/t15-/m0/s1. The largest absolute Gasteiger partial charge is 0.497 e. The van der Waals surface area contributed by atoms with E-state index in [-0.39, 0.29) is 29.5 Å². The van der Waals surface area contributed by atoms with Crippen LogP contribution in [0.1, 0.15) is 42.5 Å². The molecule has 0 unspecified atom stereocenters. The first-order valence-corrected chi connectivity index (χ1v) is 9.99. The molecule has 2 fully saturated rings. The molecular weight excluding hydrogens is 314 g/mol. The molecule has 1 aliphatic heterocycles. The van der Waals surface area contributed by atoms with E-state index in [9.17, 15) is 13.2 Å². The van der Waals surface area contributed by atoms with Crippen molar-refractivity contribution in [2.75, 3.05) is 18.6 Å². The lowest BCUT2D eigenvalue weighted by Gasteiger charge is -2.34. The second kappa shape index (κ2) is 6.51. The Hall–Kier alpha value is -1.56. The van der Waals surface area contributed by atoms with Gasteiger partial charge in [-0.05, 0) is 37.5 Å². The summed E-state index contributed by atoms with van der Waals surface area (Å²) in [7, 11) is -1.45. The smallest absolute Gasteiger partial charge is 0.254 e. The van der Waals surface area contributed by atoms with E-state index in [4.69, 9.17) is 4.74 Å². The normalized spacial score (nSPS) is 23.8. The van der Waals surface area contributed by atoms with Crippen molar-refractivity contribution in [1.82, 2.24) is 4.90 Å². The highest BCUT2D eigenvalue weighted by Crippen LogP contribution is 2.31. The van der Waals surface area contributed by atoms with Gasteiger partial charge in [-0.3, -0.25) is 4.79 Å². The van der Waals surface area contributed by atoms with Crippen LogP contribution in [0, 0.1) is 0 Å². The molecule has 6 heteroatoms. The Kier molecular flexibility index (Phi) is 4.62. The molecule has 1 saturated heterocycles. The molecular formula is C17H23NO4S. The first-order chi connectivity index (χ1) is 11.0. The SMILES string of the molecule is COc1cccc(C(=O)N(C2CCCC2)[C@H]2CCS(=O)(=O)C2)c1. The maximum absolute atomic E-state index is 13.1. The average Bonchev–Trinajstić information content (AvgIpc) is 3.18. The van der Waals surface area contributed by atoms with E-state index >= 15 is 0 Å². The zero-order chi connectivity index (χ0) is 16.4. The van der Waals surface area contributed by atoms with Crippen molar-refractivity contribution in [3.05, 3.63) is 29.8 Å². The minimum absolute atomic E-state index is 0.0714. The summed E-state index contributed by atoms with van der Waals surface area (Å²) >= 11 is 0. The van der Waals surface area contributed by atoms with Crippen molar-refractivity contribution >= 4 is 15.7 Å². The topological polar surface area (TPSA) is 63.7 Å². The molecule has 1 atom stereocenters. The average molecular weight is 337 g/mol. The van der Waals surface area contributed by atoms with Crippen molar-refractivity contribution < 1.29 is 17.9 Å². The van der Waals surface area contributed by atoms with Gasteiger partial charge in [0.25, 0.3) is 5.91 Å². The van der Waals surface area contributed by atoms with Gasteiger partial charge in [-0.15, -0.1) is 0 Å². The van der Waals surface area contributed by atoms with Gasteiger partial charge < -0.3 is 9.64 Å². The number of sulfone groups is 1. The Labute approximate surface area is 137 Å². The van der Waals surface area contributed by atoms with Crippen LogP contribution in [0.15, 0.2) is 24.3 Å². The predicted octanol–water partition coefficient (Wildman–Crippen LogP) is 2.27. The summed E-state index contributed by atoms with van der Waals surface area (Å²) < 4.78 is 28.9. The maximum Gasteiger partial charge on any atom is 0.254 e. The second-order valence-electron chi connectivity index (χ2n) is 6.44. The highest BCUT2D eigenvalue weighted by molar-refractivity contribution is 7.91. The van der Waals surface area contributed by atoms with Crippen LogP contribution in [0.3, 0.4) is 0 Å². The predicted molar refractivity (Wildman–Crippen MR) is 88.5 cm³/mol. The first kappa shape index (κ1) is 16.3. The van der Waals surface area contributed by atoms with Crippen molar-refractivity contribution in [3.8, 4) is 5.75 Å². The lowest BCUT2D eigenvalue weighted by Crippen LogP contribution is -2.46. The molecule has 1 aromatic rings. The fourth-order valence-electron chi connectivity index (χ4n) is 3.71. The van der Waals surface area contributed by atoms with Gasteiger partial charge in [0.05, 0.1) is 18.6 Å². The molecule has 3 rings (SSSR count). The lowest BCUT2D eigenvalue weighted by atomic mass is 10.1. The number of rotatable bonds is 4. The summed E-state index contributed by atoms with van der Waals surface area (Å²) in [6, 6.07) is 7.07. The number of amides is 1. The number of hydrogen-bond acceptors (Lipinski definition) is 4. The van der Waals surface area contributed by atoms with Crippen molar-refractivity contribution in [2.24, 2.45) is 0 Å². The first-order valence-electron chi connectivity index (χ1n) is 8.17. The molecule has 126 valence electrons. The van der Waals surface area contributed by atoms with E-state index in [0.717, 1.165) is 25.7 Å². The molecule has 5 nitrogen and oxygen atoms in total. The summed E-state index contributed by atoms with van der Waals surface area (Å²) in [6.45, 7) is 0. The number of hydrogen-bond donors (Lipinski definition) is 0. The Morgan fingerprint density at radius 3 is 2.52 bits per heavy atom. The van der Waals surface area contributed by atoms with E-state index in [1.807, 2.05) is 4.90 Å². The number of nitrogens with zero attached hydrogens (tertiary/aromatic N) is 1. The fraction of sp³-hybridized carbons (Fsp3) is 0.588. The van der Waals surface area contributed by atoms with Crippen LogP contribution in [0.4, 0.5) is 0 Å². The molecule has 0 N–H and O–H groups in total. The molecule has 0 spiro atoms. The highest BCUT2D eigenvalue weighted by Gasteiger charge is 2.39. The van der Waals surface area contributed by atoms with Crippen LogP contribution in [0.5, 0.6) is 5.75 Å². The molecule has 0 aromatic heterocycles. The van der Waals surface area contributed by atoms with Crippen LogP contribution in [-0.4, -0.2) is 49.9 Å². The summed E-state index contributed by atoms with van der Waals surface area (Å²) in [5, 5.41) is 0. The quantitative estimate of drug-likeness (QED) is 0.845. The van der Waals surface area contributed by atoms with Crippen LogP contribution in [-0.2, 0) is 9.84 Å². The molecule has 1 heterocycles. The summed E-state index contributed by atoms with van der Waals surface area (Å²) in [5.74, 6) is 0.852. The van der Waals surface area contributed by atoms with Crippen molar-refractivity contribution in [3.63, 3.8) is 0 Å². The Bertz CT molecular complexity index is 680. The van der Waals surface area contributed by atoms with Gasteiger partial charge in [0.15, 0.2) is 9.84 Å². The molecule has 1 amide bonds. The molecule has 23 heavy (non-hydrogen) atoms. The molecule has 2 aliphatic rings. The maximum atomic E-state index is 13.1. The number of carbonyl (C=O) groups excluding carboxylic acids is 1. The molecule has 0 bridgehead atoms. The van der Waals surface area contributed by atoms with E-state index in [2.05, 4.69) is 0 Å². The highest BCUT2D eigenvalue weighted by atomic mass is 32.2. The van der Waals surface area contributed by atoms with Crippen LogP contribution in [0.25, 0.3) is 0 Å². The second-order valence-corrected chi connectivity index (χ2v) is 8.67. The molecule has 1 aliphatic carbocycles. The van der Waals surface area contributed by atoms with Gasteiger partial charge in [0, 0.05) is 17.6 Å². The van der Waals surface area contributed by atoms with Gasteiger partial charge in [-0.1, -0.05) is 18.9 Å². The molecule has 0 radical (unpaired) electrons. The van der Waals surface area contributed by atoms with Gasteiger partial charge >= 0.3 is 0 Å². The number of carbonyl (C=O) groups is 1. The molecule has 1 saturated carbocycles. The summed E-state index contributed by atoms with van der Waals surface area (Å²) in [6.07, 6.45) is 4.69. The zero-order valence-electron chi connectivity index (χ0n) is 13.4. The third kappa shape index (κ3) is 3.52. The van der Waals surface area contributed by atoms with Gasteiger partial charge in [0.2, 0.25) is 0 Å². The van der Waals surface area contributed by atoms with Gasteiger partial charge in [0.1, 0.15) is 5.75 Å². The van der Waals surface area contributed by atoms with Gasteiger partial charge in [-0.2, -0.15) is 0 Å². The third-order valence-corrected chi connectivity index (χ3v) is 6.62. The number of benzene rings is 1. The monoisotopic (exact) mass is 337 g/mol. The van der Waals surface area contributed by atoms with Crippen LogP contribution < -0.4 is 4.74 Å². The Morgan fingerprint density at radius 2 is 1.91 bits per heavy atom. The minimum Gasteiger partial charge on any atom is -0.497 e. The van der Waals surface area contributed by atoms with E-state index < -0.39 is 9.84 Å². The number of methoxy groups -OCH3 is 1. The van der Waals surface area contributed by atoms with Gasteiger partial charge in [-0.25, -0.2) is 8.42 Å². The van der Waals surface area contributed by atoms with E-state index in [1.54, 1.807) is 31.4 Å². The summed E-state index contributed by atoms with van der Waals surface area (Å²) in [4.78, 5) is 14.9. The van der Waals surface area contributed by atoms with Crippen molar-refractivity contribution in [2.45, 2.75) is 44.2 Å². The van der Waals surface area contributed by atoms with E-state index in [0.29, 0.717) is 17.7 Å². The Morgan fingerprint density at radius 1 is 1.17 bits per heavy atom. The van der Waals surface area contributed by atoms with Crippen LogP contribution >= 0.6 is 0 Å². The zero-order valence-corrected chi connectivity index (χ0v) is 14.2. The molecule has 1 aromatic carbocycles. The summed E-state index contributed by atoms with van der Waals surface area (Å²) in [5.41, 5.74) is 0.570. The Balaban J connectivity index is 1.89. The third-order valence-electron chi connectivity index (χ3n) is 4.87.